The molecule has 0 bridgehead atoms. The summed E-state index contributed by atoms with van der Waals surface area (Å²) in [5.74, 6) is 0. The number of rotatable bonds is 7. The fraction of sp³-hybridized carbons (Fsp3) is 1.00. The minimum atomic E-state index is -1.09. The molecular formula is C11H27LaSi. The standard InChI is InChI=1S/C7H15.C3H9Si.CH3.La/c1-3-5-7-6-4-2;1-4(2)3;;/h1,3-7H2,2H3;1-3H3;1H3;. The molecule has 0 aromatic rings. The van der Waals surface area contributed by atoms with Crippen molar-refractivity contribution in [2.45, 2.75) is 64.8 Å². The van der Waals surface area contributed by atoms with Gasteiger partial charge >= 0.3 is 97.4 Å². The van der Waals surface area contributed by atoms with Crippen LogP contribution in [0.25, 0.3) is 0 Å². The molecule has 0 atom stereocenters. The van der Waals surface area contributed by atoms with Crippen LogP contribution in [0, 0.1) is 29.0 Å². The zero-order valence-electron chi connectivity index (χ0n) is 10.3. The van der Waals surface area contributed by atoms with Crippen LogP contribution < -0.4 is 0 Å². The van der Waals surface area contributed by atoms with Gasteiger partial charge in [0.15, 0.2) is 0 Å². The van der Waals surface area contributed by atoms with Crippen LogP contribution in [-0.2, 0) is 0 Å². The number of hydrogen-bond donors (Lipinski definition) is 0. The summed E-state index contributed by atoms with van der Waals surface area (Å²) >= 11 is -1.09. The van der Waals surface area contributed by atoms with Gasteiger partial charge in [0.25, 0.3) is 0 Å². The molecule has 0 fully saturated rings. The minimum absolute atomic E-state index is 0.607. The molecule has 2 heteroatoms. The molecule has 13 heavy (non-hydrogen) atoms. The molecule has 0 rings (SSSR count). The number of unbranched alkanes of at least 4 members (excludes halogenated alkanes) is 4. The van der Waals surface area contributed by atoms with Gasteiger partial charge in [-0.3, -0.25) is 0 Å². The van der Waals surface area contributed by atoms with E-state index in [1.54, 1.807) is 9.24 Å². The molecule has 0 aromatic heterocycles. The summed E-state index contributed by atoms with van der Waals surface area (Å²) in [4.78, 5) is 0. The fourth-order valence-corrected chi connectivity index (χ4v) is 14.8. The zero-order chi connectivity index (χ0) is 10.3. The molecule has 0 aliphatic rings. The van der Waals surface area contributed by atoms with Crippen LogP contribution in [0.15, 0.2) is 0 Å². The van der Waals surface area contributed by atoms with E-state index in [-0.39, 0.29) is 0 Å². The molecule has 0 nitrogen and oxygen atoms in total. The van der Waals surface area contributed by atoms with E-state index < -0.39 is 32.6 Å². The Morgan fingerprint density at radius 2 is 1.46 bits per heavy atom. The van der Waals surface area contributed by atoms with Gasteiger partial charge in [-0.15, -0.1) is 0 Å². The third kappa shape index (κ3) is 8.41. The summed E-state index contributed by atoms with van der Waals surface area (Å²) in [6.45, 7) is 10.1. The molecular weight excluding hydrogens is 299 g/mol. The van der Waals surface area contributed by atoms with Crippen molar-refractivity contribution < 1.29 is 29.0 Å². The predicted molar refractivity (Wildman–Crippen MR) is 62.8 cm³/mol. The fourth-order valence-electron chi connectivity index (χ4n) is 1.49. The van der Waals surface area contributed by atoms with Gasteiger partial charge in [0, 0.05) is 0 Å². The third-order valence-corrected chi connectivity index (χ3v) is 40.1. The second-order valence-corrected chi connectivity index (χ2v) is 41.2. The Morgan fingerprint density at radius 3 is 1.92 bits per heavy atom. The molecule has 0 saturated carbocycles. The van der Waals surface area contributed by atoms with E-state index in [9.17, 15) is 0 Å². The number of hydrogen-bond acceptors (Lipinski definition) is 0. The van der Waals surface area contributed by atoms with Crippen molar-refractivity contribution in [2.75, 3.05) is 0 Å². The summed E-state index contributed by atoms with van der Waals surface area (Å²) in [6.07, 6.45) is 7.41. The Labute approximate surface area is 96.5 Å². The Balaban J connectivity index is 3.32. The summed E-state index contributed by atoms with van der Waals surface area (Å²) in [5, 5.41) is 0. The first-order chi connectivity index (χ1) is 5.98. The van der Waals surface area contributed by atoms with E-state index in [2.05, 4.69) is 29.9 Å². The van der Waals surface area contributed by atoms with Gasteiger partial charge in [0.05, 0.1) is 0 Å². The summed E-state index contributed by atoms with van der Waals surface area (Å²) in [6, 6.07) is 0. The van der Waals surface area contributed by atoms with Crippen molar-refractivity contribution in [1.82, 2.24) is 0 Å². The van der Waals surface area contributed by atoms with E-state index in [0.29, 0.717) is 0 Å². The summed E-state index contributed by atoms with van der Waals surface area (Å²) < 4.78 is 3.76. The van der Waals surface area contributed by atoms with Crippen LogP contribution in [0.3, 0.4) is 0 Å². The predicted octanol–water partition coefficient (Wildman–Crippen LogP) is 4.88. The average molecular weight is 326 g/mol. The molecule has 0 radical (unpaired) electrons. The quantitative estimate of drug-likeness (QED) is 0.462. The molecule has 0 unspecified atom stereocenters. The van der Waals surface area contributed by atoms with Crippen molar-refractivity contribution in [3.63, 3.8) is 0 Å². The van der Waals surface area contributed by atoms with E-state index >= 15 is 0 Å². The van der Waals surface area contributed by atoms with Crippen LogP contribution in [-0.4, -0.2) is 3.59 Å². The van der Waals surface area contributed by atoms with Crippen molar-refractivity contribution in [3.05, 3.63) is 0 Å². The molecule has 0 spiro atoms. The van der Waals surface area contributed by atoms with E-state index in [1.807, 2.05) is 0 Å². The van der Waals surface area contributed by atoms with Crippen LogP contribution in [0.2, 0.25) is 25.8 Å². The first-order valence-corrected chi connectivity index (χ1v) is 21.2. The van der Waals surface area contributed by atoms with Gasteiger partial charge in [0.2, 0.25) is 0 Å². The third-order valence-electron chi connectivity index (χ3n) is 3.22. The molecule has 0 amide bonds. The average Bonchev–Trinajstić information content (AvgIpc) is 2.02. The van der Waals surface area contributed by atoms with Gasteiger partial charge in [-0.1, -0.05) is 0 Å². The van der Waals surface area contributed by atoms with Crippen molar-refractivity contribution in [2.24, 2.45) is 0 Å². The van der Waals surface area contributed by atoms with Crippen LogP contribution in [0.5, 0.6) is 0 Å². The monoisotopic (exact) mass is 326 g/mol. The molecule has 0 N–H and O–H groups in total. The maximum absolute atomic E-state index is 2.67. The Hall–Kier alpha value is 1.41. The molecule has 0 aliphatic carbocycles. The van der Waals surface area contributed by atoms with Gasteiger partial charge < -0.3 is 0 Å². The second kappa shape index (κ2) is 7.67. The normalized spacial score (nSPS) is 11.8. The van der Waals surface area contributed by atoms with E-state index in [4.69, 9.17) is 0 Å². The van der Waals surface area contributed by atoms with E-state index in [1.165, 1.54) is 25.7 Å². The first kappa shape index (κ1) is 14.4. The molecule has 0 saturated heterocycles. The van der Waals surface area contributed by atoms with Crippen molar-refractivity contribution in [3.8, 4) is 0 Å². The van der Waals surface area contributed by atoms with Crippen LogP contribution >= 0.6 is 0 Å². The zero-order valence-corrected chi connectivity index (χ0v) is 14.9. The van der Waals surface area contributed by atoms with Gasteiger partial charge in [-0.25, -0.2) is 0 Å². The topological polar surface area (TPSA) is 0 Å². The molecule has 0 aromatic carbocycles. The summed E-state index contributed by atoms with van der Waals surface area (Å²) in [7, 11) is 0. The Morgan fingerprint density at radius 1 is 0.923 bits per heavy atom. The van der Waals surface area contributed by atoms with Gasteiger partial charge in [-0.05, 0) is 0 Å². The van der Waals surface area contributed by atoms with Crippen molar-refractivity contribution >= 4 is 3.59 Å². The van der Waals surface area contributed by atoms with Gasteiger partial charge in [-0.2, -0.15) is 0 Å². The van der Waals surface area contributed by atoms with E-state index in [0.717, 1.165) is 0 Å². The first-order valence-electron chi connectivity index (χ1n) is 5.98. The van der Waals surface area contributed by atoms with Crippen LogP contribution in [0.1, 0.15) is 39.0 Å². The SMILES string of the molecule is CCCCCC[CH2][La]([CH3])[Si](C)(C)C. The summed E-state index contributed by atoms with van der Waals surface area (Å²) in [5.41, 5.74) is 0. The maximum atomic E-state index is 2.67. The molecule has 0 heterocycles. The van der Waals surface area contributed by atoms with Crippen LogP contribution in [0.4, 0.5) is 0 Å². The van der Waals surface area contributed by atoms with Crippen molar-refractivity contribution in [1.29, 1.82) is 0 Å². The second-order valence-electron chi connectivity index (χ2n) is 5.47. The molecule has 0 aliphatic heterocycles. The molecule has 78 valence electrons. The Bertz CT molecular complexity index is 118. The Kier molecular flexibility index (Phi) is 8.50. The van der Waals surface area contributed by atoms with Gasteiger partial charge in [0.1, 0.15) is 0 Å².